The monoisotopic (exact) mass is 405 g/mol. The average Bonchev–Trinajstić information content (AvgIpc) is 2.90. The van der Waals surface area contributed by atoms with Crippen molar-refractivity contribution in [3.8, 4) is 0 Å². The summed E-state index contributed by atoms with van der Waals surface area (Å²) in [5, 5.41) is 0. The summed E-state index contributed by atoms with van der Waals surface area (Å²) in [7, 11) is 1.18. The van der Waals surface area contributed by atoms with Crippen LogP contribution in [0.15, 0.2) is 15.5 Å². The third kappa shape index (κ3) is 4.23. The molecule has 1 saturated heterocycles. The van der Waals surface area contributed by atoms with E-state index in [9.17, 15) is 14.4 Å². The van der Waals surface area contributed by atoms with Crippen LogP contribution in [-0.2, 0) is 23.7 Å². The minimum absolute atomic E-state index is 0.0313. The lowest BCUT2D eigenvalue weighted by Crippen LogP contribution is -2.34. The number of hydrogen-bond acceptors (Lipinski definition) is 9. The van der Waals surface area contributed by atoms with Crippen LogP contribution in [0, 0.1) is 0 Å². The van der Waals surface area contributed by atoms with E-state index in [1.165, 1.54) is 20.2 Å². The highest BCUT2D eigenvalue weighted by Gasteiger charge is 2.40. The zero-order valence-electron chi connectivity index (χ0n) is 12.9. The summed E-state index contributed by atoms with van der Waals surface area (Å²) < 4.78 is 21.6. The lowest BCUT2D eigenvalue weighted by molar-refractivity contribution is -0.152. The number of carbonyl (C=O) groups is 2. The van der Waals surface area contributed by atoms with Gasteiger partial charge >= 0.3 is 17.8 Å². The summed E-state index contributed by atoms with van der Waals surface area (Å²) >= 11 is 3.18. The molecule has 0 aliphatic carbocycles. The Hall–Kier alpha value is -2.14. The SMILES string of the molecule is COC(=O)OC[C@@H]1C[C@@H](OC(C)=O)[C@H](n2cc(Br)c(N)nc2=O)O1. The Kier molecular flexibility index (Phi) is 5.78. The molecule has 132 valence electrons. The number of nitrogen functional groups attached to an aromatic ring is 1. The van der Waals surface area contributed by atoms with E-state index in [4.69, 9.17) is 19.9 Å². The molecule has 1 aliphatic heterocycles. The number of methoxy groups -OCH3 is 1. The van der Waals surface area contributed by atoms with E-state index in [2.05, 4.69) is 25.7 Å². The summed E-state index contributed by atoms with van der Waals surface area (Å²) in [6.45, 7) is 1.13. The van der Waals surface area contributed by atoms with Gasteiger partial charge in [-0.15, -0.1) is 0 Å². The molecule has 2 heterocycles. The van der Waals surface area contributed by atoms with Crippen LogP contribution in [0.2, 0.25) is 0 Å². The van der Waals surface area contributed by atoms with Crippen molar-refractivity contribution in [1.29, 1.82) is 0 Å². The molecule has 0 radical (unpaired) electrons. The largest absolute Gasteiger partial charge is 0.508 e. The predicted octanol–water partition coefficient (Wildman–Crippen LogP) is 0.590. The van der Waals surface area contributed by atoms with Crippen molar-refractivity contribution in [2.75, 3.05) is 19.5 Å². The van der Waals surface area contributed by atoms with Gasteiger partial charge in [-0.2, -0.15) is 4.98 Å². The van der Waals surface area contributed by atoms with Gasteiger partial charge in [0.1, 0.15) is 18.5 Å². The van der Waals surface area contributed by atoms with Crippen molar-refractivity contribution in [1.82, 2.24) is 9.55 Å². The van der Waals surface area contributed by atoms with E-state index in [0.29, 0.717) is 4.47 Å². The van der Waals surface area contributed by atoms with Gasteiger partial charge in [0.05, 0.1) is 17.7 Å². The number of aromatic nitrogens is 2. The fourth-order valence-corrected chi connectivity index (χ4v) is 2.56. The summed E-state index contributed by atoms with van der Waals surface area (Å²) in [6.07, 6.45) is -1.48. The Bertz CT molecular complexity index is 693. The average molecular weight is 406 g/mol. The molecule has 11 heteroatoms. The van der Waals surface area contributed by atoms with Crippen LogP contribution >= 0.6 is 15.9 Å². The van der Waals surface area contributed by atoms with E-state index in [1.807, 2.05) is 0 Å². The van der Waals surface area contributed by atoms with Crippen LogP contribution in [0.4, 0.5) is 10.6 Å². The molecule has 2 rings (SSSR count). The van der Waals surface area contributed by atoms with Crippen LogP contribution in [0.1, 0.15) is 19.6 Å². The van der Waals surface area contributed by atoms with E-state index >= 15 is 0 Å². The molecule has 1 aromatic heterocycles. The number of rotatable bonds is 4. The molecule has 0 spiro atoms. The van der Waals surface area contributed by atoms with Crippen LogP contribution in [-0.4, -0.2) is 47.6 Å². The van der Waals surface area contributed by atoms with Crippen molar-refractivity contribution in [2.24, 2.45) is 0 Å². The highest BCUT2D eigenvalue weighted by Crippen LogP contribution is 2.31. The molecule has 0 aromatic carbocycles. The van der Waals surface area contributed by atoms with Crippen LogP contribution in [0.3, 0.4) is 0 Å². The lowest BCUT2D eigenvalue weighted by Gasteiger charge is -2.20. The van der Waals surface area contributed by atoms with Gasteiger partial charge in [-0.25, -0.2) is 9.59 Å². The number of hydrogen-bond donors (Lipinski definition) is 1. The summed E-state index contributed by atoms with van der Waals surface area (Å²) in [4.78, 5) is 38.0. The summed E-state index contributed by atoms with van der Waals surface area (Å²) in [6, 6.07) is 0. The molecule has 1 aromatic rings. The van der Waals surface area contributed by atoms with Crippen molar-refractivity contribution >= 4 is 33.9 Å². The van der Waals surface area contributed by atoms with Crippen molar-refractivity contribution in [2.45, 2.75) is 31.8 Å². The lowest BCUT2D eigenvalue weighted by atomic mass is 10.2. The first-order chi connectivity index (χ1) is 11.3. The van der Waals surface area contributed by atoms with Gasteiger partial charge in [-0.3, -0.25) is 9.36 Å². The van der Waals surface area contributed by atoms with E-state index < -0.39 is 36.3 Å². The minimum Gasteiger partial charge on any atom is -0.458 e. The predicted molar refractivity (Wildman–Crippen MR) is 83.0 cm³/mol. The topological polar surface area (TPSA) is 132 Å². The van der Waals surface area contributed by atoms with Crippen LogP contribution in [0.25, 0.3) is 0 Å². The quantitative estimate of drug-likeness (QED) is 0.714. The van der Waals surface area contributed by atoms with Crippen LogP contribution in [0.5, 0.6) is 0 Å². The Morgan fingerprint density at radius 3 is 2.88 bits per heavy atom. The standard InChI is InChI=1S/C13H16BrN3O7/c1-6(18)23-9-3-7(5-22-13(20)21-2)24-11(9)17-4-8(14)10(15)16-12(17)19/h4,7,9,11H,3,5H2,1-2H3,(H2,15,16,19)/t7-,9+,11+/m0/s1. The molecular formula is C13H16BrN3O7. The number of anilines is 1. The summed E-state index contributed by atoms with van der Waals surface area (Å²) in [5.74, 6) is -0.498. The Balaban J connectivity index is 2.22. The molecule has 10 nitrogen and oxygen atoms in total. The van der Waals surface area contributed by atoms with Gasteiger partial charge in [-0.1, -0.05) is 0 Å². The molecule has 0 saturated carbocycles. The third-order valence-corrected chi connectivity index (χ3v) is 3.84. The van der Waals surface area contributed by atoms with Crippen molar-refractivity contribution in [3.05, 3.63) is 21.2 Å². The number of esters is 1. The van der Waals surface area contributed by atoms with Gasteiger partial charge in [-0.05, 0) is 15.9 Å². The van der Waals surface area contributed by atoms with Gasteiger partial charge in [0.25, 0.3) is 0 Å². The minimum atomic E-state index is -0.919. The van der Waals surface area contributed by atoms with Crippen LogP contribution < -0.4 is 11.4 Å². The zero-order chi connectivity index (χ0) is 17.9. The second kappa shape index (κ2) is 7.62. The number of ether oxygens (including phenoxy) is 4. The molecule has 0 unspecified atom stereocenters. The number of nitrogens with two attached hydrogens (primary N) is 1. The second-order valence-corrected chi connectivity index (χ2v) is 5.82. The van der Waals surface area contributed by atoms with E-state index in [1.54, 1.807) is 0 Å². The fourth-order valence-electron chi connectivity index (χ4n) is 2.25. The third-order valence-electron chi connectivity index (χ3n) is 3.22. The number of carbonyl (C=O) groups excluding carboxylic acids is 2. The molecule has 2 N–H and O–H groups in total. The van der Waals surface area contributed by atoms with Gasteiger partial charge in [0, 0.05) is 19.5 Å². The maximum atomic E-state index is 12.1. The number of nitrogens with zero attached hydrogens (tertiary/aromatic N) is 2. The Morgan fingerprint density at radius 1 is 1.54 bits per heavy atom. The highest BCUT2D eigenvalue weighted by molar-refractivity contribution is 9.10. The molecule has 24 heavy (non-hydrogen) atoms. The maximum Gasteiger partial charge on any atom is 0.508 e. The Labute approximate surface area is 145 Å². The first-order valence-electron chi connectivity index (χ1n) is 6.89. The Morgan fingerprint density at radius 2 is 2.25 bits per heavy atom. The van der Waals surface area contributed by atoms with Crippen molar-refractivity contribution in [3.63, 3.8) is 0 Å². The molecule has 0 bridgehead atoms. The van der Waals surface area contributed by atoms with Gasteiger partial charge in [0.2, 0.25) is 0 Å². The molecule has 1 aliphatic rings. The molecule has 1 fully saturated rings. The first-order valence-corrected chi connectivity index (χ1v) is 7.68. The maximum absolute atomic E-state index is 12.1. The van der Waals surface area contributed by atoms with Gasteiger partial charge in [0.15, 0.2) is 6.23 Å². The summed E-state index contributed by atoms with van der Waals surface area (Å²) in [5.41, 5.74) is 4.90. The van der Waals surface area contributed by atoms with E-state index in [-0.39, 0.29) is 18.8 Å². The number of halogens is 1. The molecule has 3 atom stereocenters. The fraction of sp³-hybridized carbons (Fsp3) is 0.538. The first kappa shape index (κ1) is 18.2. The molecular weight excluding hydrogens is 390 g/mol. The normalized spacial score (nSPS) is 22.9. The van der Waals surface area contributed by atoms with E-state index in [0.717, 1.165) is 4.57 Å². The smallest absolute Gasteiger partial charge is 0.458 e. The second-order valence-electron chi connectivity index (χ2n) is 4.96. The zero-order valence-corrected chi connectivity index (χ0v) is 14.5. The molecule has 0 amide bonds. The van der Waals surface area contributed by atoms with Crippen molar-refractivity contribution < 1.29 is 28.5 Å². The van der Waals surface area contributed by atoms with Gasteiger partial charge < -0.3 is 24.7 Å². The highest BCUT2D eigenvalue weighted by atomic mass is 79.9.